The minimum Gasteiger partial charge on any atom is -0.497 e. The van der Waals surface area contributed by atoms with Gasteiger partial charge in [0.2, 0.25) is 5.91 Å². The number of aryl methyl sites for hydroxylation is 3. The third-order valence-electron chi connectivity index (χ3n) is 3.87. The van der Waals surface area contributed by atoms with Crippen LogP contribution >= 0.6 is 0 Å². The van der Waals surface area contributed by atoms with E-state index in [0.717, 1.165) is 17.9 Å². The molecular weight excluding hydrogens is 302 g/mol. The highest BCUT2D eigenvalue weighted by molar-refractivity contribution is 5.76. The first-order chi connectivity index (χ1) is 11.6. The van der Waals surface area contributed by atoms with Gasteiger partial charge < -0.3 is 14.8 Å². The Morgan fingerprint density at radius 1 is 1.04 bits per heavy atom. The molecule has 24 heavy (non-hydrogen) atoms. The number of nitrogens with one attached hydrogen (secondary N) is 1. The molecule has 0 fully saturated rings. The Labute approximate surface area is 143 Å². The Balaban J connectivity index is 1.65. The molecule has 4 nitrogen and oxygen atoms in total. The van der Waals surface area contributed by atoms with Crippen molar-refractivity contribution in [3.05, 3.63) is 59.2 Å². The van der Waals surface area contributed by atoms with Gasteiger partial charge in [-0.2, -0.15) is 0 Å². The lowest BCUT2D eigenvalue weighted by Gasteiger charge is -2.09. The third-order valence-corrected chi connectivity index (χ3v) is 3.87. The molecule has 0 aliphatic rings. The van der Waals surface area contributed by atoms with E-state index >= 15 is 0 Å². The number of carbonyl (C=O) groups excluding carboxylic acids is 1. The van der Waals surface area contributed by atoms with Crippen LogP contribution in [0.25, 0.3) is 0 Å². The fraction of sp³-hybridized carbons (Fsp3) is 0.350. The van der Waals surface area contributed by atoms with Crippen LogP contribution < -0.4 is 14.8 Å². The second kappa shape index (κ2) is 8.96. The lowest BCUT2D eigenvalue weighted by atomic mass is 10.0. The predicted octanol–water partition coefficient (Wildman–Crippen LogP) is 3.44. The number of methoxy groups -OCH3 is 1. The van der Waals surface area contributed by atoms with E-state index in [4.69, 9.17) is 9.47 Å². The van der Waals surface area contributed by atoms with Gasteiger partial charge in [-0.3, -0.25) is 4.79 Å². The van der Waals surface area contributed by atoms with Crippen molar-refractivity contribution in [2.75, 3.05) is 20.3 Å². The average molecular weight is 327 g/mol. The number of rotatable bonds is 8. The zero-order valence-electron chi connectivity index (χ0n) is 14.6. The highest BCUT2D eigenvalue weighted by Gasteiger charge is 2.04. The second-order valence-corrected chi connectivity index (χ2v) is 5.80. The Morgan fingerprint density at radius 2 is 1.75 bits per heavy atom. The quantitative estimate of drug-likeness (QED) is 0.756. The highest BCUT2D eigenvalue weighted by Crippen LogP contribution is 2.16. The minimum atomic E-state index is 0.0494. The van der Waals surface area contributed by atoms with Crippen LogP contribution in [0.4, 0.5) is 0 Å². The topological polar surface area (TPSA) is 47.6 Å². The number of hydrogen-bond acceptors (Lipinski definition) is 3. The molecule has 0 saturated heterocycles. The van der Waals surface area contributed by atoms with Gasteiger partial charge in [0.25, 0.3) is 0 Å². The summed E-state index contributed by atoms with van der Waals surface area (Å²) in [4.78, 5) is 11.9. The van der Waals surface area contributed by atoms with E-state index in [1.807, 2.05) is 24.3 Å². The molecule has 0 radical (unpaired) electrons. The molecule has 0 heterocycles. The molecule has 2 rings (SSSR count). The van der Waals surface area contributed by atoms with E-state index in [1.165, 1.54) is 16.7 Å². The molecule has 0 bridgehead atoms. The maximum atomic E-state index is 11.9. The van der Waals surface area contributed by atoms with Crippen molar-refractivity contribution in [2.24, 2.45) is 0 Å². The third kappa shape index (κ3) is 5.61. The summed E-state index contributed by atoms with van der Waals surface area (Å²) in [5, 5.41) is 2.89. The van der Waals surface area contributed by atoms with E-state index in [-0.39, 0.29) is 5.91 Å². The summed E-state index contributed by atoms with van der Waals surface area (Å²) >= 11 is 0. The lowest BCUT2D eigenvalue weighted by Crippen LogP contribution is -2.28. The Morgan fingerprint density at radius 3 is 2.42 bits per heavy atom. The van der Waals surface area contributed by atoms with Gasteiger partial charge in [0.05, 0.1) is 13.7 Å². The molecule has 128 valence electrons. The smallest absolute Gasteiger partial charge is 0.220 e. The predicted molar refractivity (Wildman–Crippen MR) is 95.7 cm³/mol. The van der Waals surface area contributed by atoms with Crippen LogP contribution in [0.5, 0.6) is 11.5 Å². The first-order valence-electron chi connectivity index (χ1n) is 8.18. The maximum absolute atomic E-state index is 11.9. The summed E-state index contributed by atoms with van der Waals surface area (Å²) < 4.78 is 10.7. The maximum Gasteiger partial charge on any atom is 0.220 e. The van der Waals surface area contributed by atoms with Gasteiger partial charge in [0.15, 0.2) is 0 Å². The van der Waals surface area contributed by atoms with Gasteiger partial charge in [0, 0.05) is 6.42 Å². The SMILES string of the molecule is COc1ccc(OCCNC(=O)CCc2ccc(C)cc2C)cc1. The molecule has 0 aliphatic carbocycles. The van der Waals surface area contributed by atoms with Crippen LogP contribution in [0.15, 0.2) is 42.5 Å². The summed E-state index contributed by atoms with van der Waals surface area (Å²) in [6, 6.07) is 13.7. The van der Waals surface area contributed by atoms with Crippen LogP contribution in [0, 0.1) is 13.8 Å². The molecule has 1 N–H and O–H groups in total. The summed E-state index contributed by atoms with van der Waals surface area (Å²) in [6.45, 7) is 5.11. The summed E-state index contributed by atoms with van der Waals surface area (Å²) in [7, 11) is 1.63. The van der Waals surface area contributed by atoms with Gasteiger partial charge in [-0.25, -0.2) is 0 Å². The molecule has 1 amide bonds. The molecular formula is C20H25NO3. The van der Waals surface area contributed by atoms with Crippen LogP contribution in [0.1, 0.15) is 23.1 Å². The van der Waals surface area contributed by atoms with Gasteiger partial charge >= 0.3 is 0 Å². The Kier molecular flexibility index (Phi) is 6.67. The first kappa shape index (κ1) is 17.9. The van der Waals surface area contributed by atoms with E-state index in [0.29, 0.717) is 19.6 Å². The number of ether oxygens (including phenoxy) is 2. The van der Waals surface area contributed by atoms with E-state index in [9.17, 15) is 4.79 Å². The standard InChI is InChI=1S/C20H25NO3/c1-15-4-5-17(16(2)14-15)6-11-20(22)21-12-13-24-19-9-7-18(23-3)8-10-19/h4-5,7-10,14H,6,11-13H2,1-3H3,(H,21,22). The Bertz CT molecular complexity index is 665. The van der Waals surface area contributed by atoms with Crippen molar-refractivity contribution >= 4 is 5.91 Å². The number of amides is 1. The molecule has 4 heteroatoms. The average Bonchev–Trinajstić information content (AvgIpc) is 2.58. The fourth-order valence-electron chi connectivity index (χ4n) is 2.49. The molecule has 2 aromatic rings. The largest absolute Gasteiger partial charge is 0.497 e. The number of benzene rings is 2. The molecule has 0 saturated carbocycles. The zero-order valence-corrected chi connectivity index (χ0v) is 14.6. The first-order valence-corrected chi connectivity index (χ1v) is 8.18. The highest BCUT2D eigenvalue weighted by atomic mass is 16.5. The summed E-state index contributed by atoms with van der Waals surface area (Å²) in [6.07, 6.45) is 1.25. The molecule has 0 unspecified atom stereocenters. The molecule has 0 aliphatic heterocycles. The van der Waals surface area contributed by atoms with Crippen molar-refractivity contribution in [1.29, 1.82) is 0 Å². The number of hydrogen-bond donors (Lipinski definition) is 1. The number of carbonyl (C=O) groups is 1. The fourth-order valence-corrected chi connectivity index (χ4v) is 2.49. The van der Waals surface area contributed by atoms with E-state index in [2.05, 4.69) is 37.4 Å². The monoisotopic (exact) mass is 327 g/mol. The van der Waals surface area contributed by atoms with Crippen LogP contribution in [0.2, 0.25) is 0 Å². The van der Waals surface area contributed by atoms with Crippen molar-refractivity contribution in [1.82, 2.24) is 5.32 Å². The normalized spacial score (nSPS) is 10.3. The molecule has 0 spiro atoms. The Hall–Kier alpha value is -2.49. The van der Waals surface area contributed by atoms with E-state index < -0.39 is 0 Å². The van der Waals surface area contributed by atoms with Crippen LogP contribution in [-0.4, -0.2) is 26.2 Å². The zero-order chi connectivity index (χ0) is 17.4. The van der Waals surface area contributed by atoms with Crippen molar-refractivity contribution in [2.45, 2.75) is 26.7 Å². The lowest BCUT2D eigenvalue weighted by molar-refractivity contribution is -0.121. The van der Waals surface area contributed by atoms with Crippen molar-refractivity contribution in [3.63, 3.8) is 0 Å². The van der Waals surface area contributed by atoms with Gasteiger partial charge in [-0.05, 0) is 55.7 Å². The van der Waals surface area contributed by atoms with E-state index in [1.54, 1.807) is 7.11 Å². The molecule has 0 aromatic heterocycles. The van der Waals surface area contributed by atoms with Crippen molar-refractivity contribution in [3.8, 4) is 11.5 Å². The molecule has 0 atom stereocenters. The summed E-state index contributed by atoms with van der Waals surface area (Å²) in [5.41, 5.74) is 3.72. The van der Waals surface area contributed by atoms with Gasteiger partial charge in [0.1, 0.15) is 18.1 Å². The van der Waals surface area contributed by atoms with Gasteiger partial charge in [-0.15, -0.1) is 0 Å². The summed E-state index contributed by atoms with van der Waals surface area (Å²) in [5.74, 6) is 1.61. The second-order valence-electron chi connectivity index (χ2n) is 5.80. The van der Waals surface area contributed by atoms with Crippen molar-refractivity contribution < 1.29 is 14.3 Å². The molecule has 2 aromatic carbocycles. The minimum absolute atomic E-state index is 0.0494. The van der Waals surface area contributed by atoms with Gasteiger partial charge in [-0.1, -0.05) is 23.8 Å². The van der Waals surface area contributed by atoms with Crippen LogP contribution in [0.3, 0.4) is 0 Å². The van der Waals surface area contributed by atoms with Crippen LogP contribution in [-0.2, 0) is 11.2 Å².